The highest BCUT2D eigenvalue weighted by molar-refractivity contribution is 7.09. The molecule has 0 radical (unpaired) electrons. The number of carbonyl (C=O) groups excluding carboxylic acids is 1. The summed E-state index contributed by atoms with van der Waals surface area (Å²) in [6, 6.07) is 0. The molecule has 1 aliphatic rings. The summed E-state index contributed by atoms with van der Waals surface area (Å²) in [4.78, 5) is 16.3. The van der Waals surface area contributed by atoms with Crippen LogP contribution in [0.15, 0.2) is 23.4 Å². The van der Waals surface area contributed by atoms with E-state index in [4.69, 9.17) is 0 Å². The average molecular weight is 193 g/mol. The van der Waals surface area contributed by atoms with Gasteiger partial charge < -0.3 is 0 Å². The molecule has 13 heavy (non-hydrogen) atoms. The largest absolute Gasteiger partial charge is 0.299 e. The normalized spacial score (nSPS) is 17.2. The van der Waals surface area contributed by atoms with E-state index in [1.807, 2.05) is 11.7 Å². The zero-order valence-electron chi connectivity index (χ0n) is 7.32. The molecule has 0 aromatic carbocycles. The maximum absolute atomic E-state index is 11.0. The van der Waals surface area contributed by atoms with Gasteiger partial charge in [0.2, 0.25) is 0 Å². The van der Waals surface area contributed by atoms with Crippen LogP contribution in [0.1, 0.15) is 24.1 Å². The van der Waals surface area contributed by atoms with Crippen molar-refractivity contribution in [2.75, 3.05) is 0 Å². The van der Waals surface area contributed by atoms with Crippen LogP contribution < -0.4 is 0 Å². The summed E-state index contributed by atoms with van der Waals surface area (Å²) in [5, 5.41) is 0. The van der Waals surface area contributed by atoms with Crippen molar-refractivity contribution in [3.63, 3.8) is 0 Å². The zero-order chi connectivity index (χ0) is 9.10. The second-order valence-corrected chi connectivity index (χ2v) is 4.22. The van der Waals surface area contributed by atoms with Crippen molar-refractivity contribution < 1.29 is 4.79 Å². The Bertz CT molecular complexity index is 327. The molecule has 1 aromatic rings. The van der Waals surface area contributed by atoms with E-state index in [-0.39, 0.29) is 0 Å². The second-order valence-electron chi connectivity index (χ2n) is 3.25. The third kappa shape index (κ3) is 2.25. The van der Waals surface area contributed by atoms with Crippen LogP contribution in [0.5, 0.6) is 0 Å². The van der Waals surface area contributed by atoms with Gasteiger partial charge in [0, 0.05) is 30.3 Å². The van der Waals surface area contributed by atoms with E-state index >= 15 is 0 Å². The van der Waals surface area contributed by atoms with Crippen molar-refractivity contribution in [2.24, 2.45) is 0 Å². The first-order valence-electron chi connectivity index (χ1n) is 4.41. The molecule has 0 spiro atoms. The van der Waals surface area contributed by atoms with Gasteiger partial charge in [-0.25, -0.2) is 0 Å². The molecule has 0 saturated carbocycles. The van der Waals surface area contributed by atoms with E-state index in [1.165, 1.54) is 10.5 Å². The SMILES string of the molecule is O=C1CC=C(Cc2cncs2)CC1. The first-order chi connectivity index (χ1) is 6.34. The lowest BCUT2D eigenvalue weighted by Gasteiger charge is -2.10. The molecule has 1 aliphatic carbocycles. The molecule has 0 aliphatic heterocycles. The van der Waals surface area contributed by atoms with Crippen LogP contribution in [0.3, 0.4) is 0 Å². The molecule has 0 bridgehead atoms. The number of hydrogen-bond donors (Lipinski definition) is 0. The van der Waals surface area contributed by atoms with E-state index in [1.54, 1.807) is 11.3 Å². The molecule has 3 heteroatoms. The summed E-state index contributed by atoms with van der Waals surface area (Å²) in [7, 11) is 0. The van der Waals surface area contributed by atoms with Gasteiger partial charge in [-0.1, -0.05) is 11.6 Å². The van der Waals surface area contributed by atoms with Crippen molar-refractivity contribution >= 4 is 17.1 Å². The fraction of sp³-hybridized carbons (Fsp3) is 0.400. The van der Waals surface area contributed by atoms with Crippen LogP contribution in [0.25, 0.3) is 0 Å². The van der Waals surface area contributed by atoms with E-state index in [9.17, 15) is 4.79 Å². The number of carbonyl (C=O) groups is 1. The minimum Gasteiger partial charge on any atom is -0.299 e. The van der Waals surface area contributed by atoms with Gasteiger partial charge in [0.05, 0.1) is 5.51 Å². The molecule has 1 heterocycles. The molecule has 2 nitrogen and oxygen atoms in total. The highest BCUT2D eigenvalue weighted by atomic mass is 32.1. The molecular weight excluding hydrogens is 182 g/mol. The highest BCUT2D eigenvalue weighted by Crippen LogP contribution is 2.20. The summed E-state index contributed by atoms with van der Waals surface area (Å²) in [5.74, 6) is 0.369. The van der Waals surface area contributed by atoms with Gasteiger partial charge in [0.25, 0.3) is 0 Å². The fourth-order valence-corrected chi connectivity index (χ4v) is 2.12. The average Bonchev–Trinajstić information content (AvgIpc) is 2.62. The second kappa shape index (κ2) is 3.83. The Hall–Kier alpha value is -0.960. The molecule has 2 rings (SSSR count). The van der Waals surface area contributed by atoms with Crippen LogP contribution in [0, 0.1) is 0 Å². The summed E-state index contributed by atoms with van der Waals surface area (Å²) < 4.78 is 0. The Kier molecular flexibility index (Phi) is 2.54. The van der Waals surface area contributed by atoms with Crippen LogP contribution in [0.4, 0.5) is 0 Å². The summed E-state index contributed by atoms with van der Waals surface area (Å²) in [6.45, 7) is 0. The van der Waals surface area contributed by atoms with Gasteiger partial charge in [-0.2, -0.15) is 0 Å². The predicted octanol–water partition coefficient (Wildman–Crippen LogP) is 2.37. The lowest BCUT2D eigenvalue weighted by molar-refractivity contribution is -0.118. The Balaban J connectivity index is 2.00. The lowest BCUT2D eigenvalue weighted by atomic mass is 9.96. The zero-order valence-corrected chi connectivity index (χ0v) is 8.14. The Morgan fingerprint density at radius 2 is 2.38 bits per heavy atom. The molecule has 0 amide bonds. The molecule has 0 fully saturated rings. The van der Waals surface area contributed by atoms with Crippen LogP contribution in [0.2, 0.25) is 0 Å². The highest BCUT2D eigenvalue weighted by Gasteiger charge is 2.10. The standard InChI is InChI=1S/C10H11NOS/c12-9-3-1-8(2-4-9)5-10-6-11-7-13-10/h1,6-7H,2-5H2. The number of ketones is 1. The molecule has 0 N–H and O–H groups in total. The monoisotopic (exact) mass is 193 g/mol. The Morgan fingerprint density at radius 3 is 3.00 bits per heavy atom. The Morgan fingerprint density at radius 1 is 1.46 bits per heavy atom. The molecule has 0 saturated heterocycles. The number of rotatable bonds is 2. The van der Waals surface area contributed by atoms with Gasteiger partial charge in [-0.15, -0.1) is 11.3 Å². The van der Waals surface area contributed by atoms with Crippen molar-refractivity contribution in [2.45, 2.75) is 25.7 Å². The summed E-state index contributed by atoms with van der Waals surface area (Å²) in [6.07, 6.45) is 7.26. The molecular formula is C10H11NOS. The van der Waals surface area contributed by atoms with E-state index < -0.39 is 0 Å². The van der Waals surface area contributed by atoms with E-state index in [0.29, 0.717) is 12.2 Å². The smallest absolute Gasteiger partial charge is 0.136 e. The minimum atomic E-state index is 0.369. The first kappa shape index (κ1) is 8.63. The van der Waals surface area contributed by atoms with Gasteiger partial charge in [0.1, 0.15) is 5.78 Å². The summed E-state index contributed by atoms with van der Waals surface area (Å²) in [5.41, 5.74) is 3.24. The molecule has 68 valence electrons. The quantitative estimate of drug-likeness (QED) is 0.675. The number of Topliss-reactive ketones (excluding diaryl/α,β-unsaturated/α-hetero) is 1. The van der Waals surface area contributed by atoms with Crippen molar-refractivity contribution in [3.05, 3.63) is 28.2 Å². The molecule has 0 unspecified atom stereocenters. The number of hydrogen-bond acceptors (Lipinski definition) is 3. The van der Waals surface area contributed by atoms with E-state index in [2.05, 4.69) is 11.1 Å². The maximum Gasteiger partial charge on any atom is 0.136 e. The molecule has 1 aromatic heterocycles. The van der Waals surface area contributed by atoms with Gasteiger partial charge in [-0.05, 0) is 6.42 Å². The molecule has 0 atom stereocenters. The van der Waals surface area contributed by atoms with Gasteiger partial charge in [0.15, 0.2) is 0 Å². The number of aromatic nitrogens is 1. The predicted molar refractivity (Wildman–Crippen MR) is 52.8 cm³/mol. The van der Waals surface area contributed by atoms with Gasteiger partial charge in [-0.3, -0.25) is 9.78 Å². The Labute approximate surface area is 81.3 Å². The summed E-state index contributed by atoms with van der Waals surface area (Å²) >= 11 is 1.68. The number of thiazole rings is 1. The maximum atomic E-state index is 11.0. The van der Waals surface area contributed by atoms with Crippen molar-refractivity contribution in [1.82, 2.24) is 4.98 Å². The van der Waals surface area contributed by atoms with E-state index in [0.717, 1.165) is 19.3 Å². The third-order valence-electron chi connectivity index (χ3n) is 2.23. The van der Waals surface area contributed by atoms with Crippen LogP contribution in [-0.4, -0.2) is 10.8 Å². The first-order valence-corrected chi connectivity index (χ1v) is 5.29. The minimum absolute atomic E-state index is 0.369. The third-order valence-corrected chi connectivity index (χ3v) is 3.01. The van der Waals surface area contributed by atoms with Crippen LogP contribution in [-0.2, 0) is 11.2 Å². The number of nitrogens with zero attached hydrogens (tertiary/aromatic N) is 1. The topological polar surface area (TPSA) is 30.0 Å². The van der Waals surface area contributed by atoms with Gasteiger partial charge >= 0.3 is 0 Å². The van der Waals surface area contributed by atoms with Crippen molar-refractivity contribution in [3.8, 4) is 0 Å². The lowest BCUT2D eigenvalue weighted by Crippen LogP contribution is -2.04. The fourth-order valence-electron chi connectivity index (χ4n) is 1.48. The van der Waals surface area contributed by atoms with Crippen LogP contribution >= 0.6 is 11.3 Å². The van der Waals surface area contributed by atoms with Crippen molar-refractivity contribution in [1.29, 1.82) is 0 Å². The number of allylic oxidation sites excluding steroid dienone is 2.